The van der Waals surface area contributed by atoms with Crippen LogP contribution >= 0.6 is 0 Å². The summed E-state index contributed by atoms with van der Waals surface area (Å²) in [6, 6.07) is 4.19. The van der Waals surface area contributed by atoms with Gasteiger partial charge in [-0.15, -0.1) is 0 Å². The van der Waals surface area contributed by atoms with E-state index in [1.165, 1.54) is 12.1 Å². The minimum absolute atomic E-state index is 0. The Kier molecular flexibility index (Phi) is 5.79. The first kappa shape index (κ1) is 17.4. The quantitative estimate of drug-likeness (QED) is 0.623. The first-order valence-electron chi connectivity index (χ1n) is 3.27. The molecule has 0 aliphatic heterocycles. The summed E-state index contributed by atoms with van der Waals surface area (Å²) in [5.41, 5.74) is 0. The van der Waals surface area contributed by atoms with Gasteiger partial charge in [0.2, 0.25) is 0 Å². The van der Waals surface area contributed by atoms with Crippen molar-refractivity contribution in [2.45, 2.75) is 9.79 Å². The van der Waals surface area contributed by atoms with Crippen LogP contribution in [0.5, 0.6) is 0 Å². The molecule has 1 aromatic carbocycles. The smallest absolute Gasteiger partial charge is 0.295 e. The van der Waals surface area contributed by atoms with Gasteiger partial charge in [-0.3, -0.25) is 9.11 Å². The summed E-state index contributed by atoms with van der Waals surface area (Å²) in [6.07, 6.45) is 0. The van der Waals surface area contributed by atoms with Gasteiger partial charge in [0.15, 0.2) is 0 Å². The number of hydrogen-bond donors (Lipinski definition) is 2. The molecule has 0 amide bonds. The average molecular weight is 274 g/mol. The monoisotopic (exact) mass is 274 g/mol. The highest BCUT2D eigenvalue weighted by atomic mass is 32.2. The van der Waals surface area contributed by atoms with Crippen LogP contribution in [0, 0.1) is 0 Å². The van der Waals surface area contributed by atoms with Gasteiger partial charge in [-0.1, -0.05) is 12.1 Å². The summed E-state index contributed by atoms with van der Waals surface area (Å²) in [4.78, 5) is -1.69. The molecular weight excluding hydrogens is 264 g/mol. The topological polar surface area (TPSA) is 172 Å². The summed E-state index contributed by atoms with van der Waals surface area (Å²) in [5, 5.41) is 0. The number of hydrogen-bond acceptors (Lipinski definition) is 4. The maximum Gasteiger partial charge on any atom is 0.295 e. The lowest BCUT2D eigenvalue weighted by Crippen LogP contribution is -2.07. The molecule has 0 bridgehead atoms. The molecule has 0 aromatic heterocycles. The van der Waals surface area contributed by atoms with E-state index in [0.717, 1.165) is 12.1 Å². The first-order chi connectivity index (χ1) is 6.23. The van der Waals surface area contributed by atoms with Crippen LogP contribution < -0.4 is 0 Å². The zero-order valence-corrected chi connectivity index (χ0v) is 9.29. The molecule has 0 atom stereocenters. The Labute approximate surface area is 91.7 Å². The van der Waals surface area contributed by atoms with Crippen molar-refractivity contribution in [1.29, 1.82) is 0 Å². The SMILES string of the molecule is O.O.O=S(=O)(O)c1ccccc1S(=O)(=O)O. The lowest BCUT2D eigenvalue weighted by atomic mass is 10.4. The van der Waals surface area contributed by atoms with Crippen molar-refractivity contribution in [3.8, 4) is 0 Å². The molecule has 1 aromatic rings. The van der Waals surface area contributed by atoms with E-state index < -0.39 is 30.0 Å². The summed E-state index contributed by atoms with van der Waals surface area (Å²) in [7, 11) is -9.31. The predicted octanol–water partition coefficient (Wildman–Crippen LogP) is -1.47. The van der Waals surface area contributed by atoms with Crippen molar-refractivity contribution in [3.63, 3.8) is 0 Å². The van der Waals surface area contributed by atoms with Crippen molar-refractivity contribution in [2.75, 3.05) is 0 Å². The van der Waals surface area contributed by atoms with Crippen LogP contribution in [0.3, 0.4) is 0 Å². The van der Waals surface area contributed by atoms with E-state index in [4.69, 9.17) is 9.11 Å². The molecule has 0 spiro atoms. The normalized spacial score (nSPS) is 11.1. The van der Waals surface area contributed by atoms with E-state index in [9.17, 15) is 16.8 Å². The lowest BCUT2D eigenvalue weighted by molar-refractivity contribution is 0.466. The zero-order valence-electron chi connectivity index (χ0n) is 7.65. The van der Waals surface area contributed by atoms with Crippen molar-refractivity contribution < 1.29 is 36.9 Å². The summed E-state index contributed by atoms with van der Waals surface area (Å²) in [6.45, 7) is 0. The van der Waals surface area contributed by atoms with Gasteiger partial charge >= 0.3 is 0 Å². The van der Waals surface area contributed by atoms with Gasteiger partial charge in [0.1, 0.15) is 9.79 Å². The minimum atomic E-state index is -4.66. The highest BCUT2D eigenvalue weighted by Crippen LogP contribution is 2.19. The molecule has 10 heteroatoms. The molecular formula is C6H10O8S2. The Balaban J connectivity index is 0. The molecule has 0 aliphatic rings. The van der Waals surface area contributed by atoms with Gasteiger partial charge in [-0.2, -0.15) is 16.8 Å². The van der Waals surface area contributed by atoms with E-state index in [1.54, 1.807) is 0 Å². The van der Waals surface area contributed by atoms with Crippen LogP contribution in [-0.2, 0) is 20.2 Å². The average Bonchev–Trinajstić information content (AvgIpc) is 2.01. The van der Waals surface area contributed by atoms with Gasteiger partial charge in [0.05, 0.1) is 0 Å². The van der Waals surface area contributed by atoms with E-state index in [0.29, 0.717) is 0 Å². The highest BCUT2D eigenvalue weighted by molar-refractivity contribution is 7.89. The standard InChI is InChI=1S/C6H6O6S2.2H2O/c7-13(8,9)5-3-1-2-4-6(5)14(10,11)12;;/h1-4H,(H,7,8,9)(H,10,11,12);2*1H2. The Hall–Kier alpha value is -1.04. The van der Waals surface area contributed by atoms with Crippen molar-refractivity contribution in [1.82, 2.24) is 0 Å². The molecule has 94 valence electrons. The van der Waals surface area contributed by atoms with Crippen LogP contribution in [0.15, 0.2) is 34.1 Å². The molecule has 1 rings (SSSR count). The fourth-order valence-corrected chi connectivity index (χ4v) is 2.65. The Morgan fingerprint density at radius 3 is 1.19 bits per heavy atom. The highest BCUT2D eigenvalue weighted by Gasteiger charge is 2.22. The molecule has 0 aliphatic carbocycles. The summed E-state index contributed by atoms with van der Waals surface area (Å²) in [5.74, 6) is 0. The van der Waals surface area contributed by atoms with E-state index >= 15 is 0 Å². The molecule has 0 fully saturated rings. The molecule has 0 unspecified atom stereocenters. The van der Waals surface area contributed by atoms with Gasteiger partial charge in [-0.05, 0) is 12.1 Å². The molecule has 0 heterocycles. The molecule has 8 nitrogen and oxygen atoms in total. The minimum Gasteiger partial charge on any atom is -0.412 e. The number of benzene rings is 1. The largest absolute Gasteiger partial charge is 0.412 e. The maximum absolute atomic E-state index is 10.7. The van der Waals surface area contributed by atoms with E-state index in [-0.39, 0.29) is 11.0 Å². The fraction of sp³-hybridized carbons (Fsp3) is 0. The van der Waals surface area contributed by atoms with Gasteiger partial charge in [0.25, 0.3) is 20.2 Å². The van der Waals surface area contributed by atoms with E-state index in [2.05, 4.69) is 0 Å². The predicted molar refractivity (Wildman–Crippen MR) is 53.3 cm³/mol. The van der Waals surface area contributed by atoms with E-state index in [1.807, 2.05) is 0 Å². The van der Waals surface area contributed by atoms with Crippen LogP contribution in [0.1, 0.15) is 0 Å². The Morgan fingerprint density at radius 1 is 0.750 bits per heavy atom. The Bertz CT molecular complexity index is 493. The van der Waals surface area contributed by atoms with Crippen LogP contribution in [0.4, 0.5) is 0 Å². The second-order valence-electron chi connectivity index (χ2n) is 2.40. The van der Waals surface area contributed by atoms with Crippen LogP contribution in [0.2, 0.25) is 0 Å². The third kappa shape index (κ3) is 3.84. The van der Waals surface area contributed by atoms with Crippen LogP contribution in [-0.4, -0.2) is 36.9 Å². The summed E-state index contributed by atoms with van der Waals surface area (Å²) >= 11 is 0. The third-order valence-corrected chi connectivity index (χ3v) is 3.36. The lowest BCUT2D eigenvalue weighted by Gasteiger charge is -2.02. The first-order valence-corrected chi connectivity index (χ1v) is 6.15. The second kappa shape index (κ2) is 5.34. The van der Waals surface area contributed by atoms with Crippen molar-refractivity contribution in [3.05, 3.63) is 24.3 Å². The van der Waals surface area contributed by atoms with Gasteiger partial charge in [-0.25, -0.2) is 0 Å². The summed E-state index contributed by atoms with van der Waals surface area (Å²) < 4.78 is 60.0. The van der Waals surface area contributed by atoms with Crippen molar-refractivity contribution >= 4 is 20.2 Å². The van der Waals surface area contributed by atoms with Gasteiger partial charge in [0, 0.05) is 0 Å². The fourth-order valence-electron chi connectivity index (χ4n) is 0.876. The molecule has 0 saturated heterocycles. The van der Waals surface area contributed by atoms with Gasteiger partial charge < -0.3 is 11.0 Å². The van der Waals surface area contributed by atoms with Crippen molar-refractivity contribution in [2.24, 2.45) is 0 Å². The third-order valence-electron chi connectivity index (χ3n) is 1.40. The maximum atomic E-state index is 10.7. The molecule has 16 heavy (non-hydrogen) atoms. The van der Waals surface area contributed by atoms with Crippen LogP contribution in [0.25, 0.3) is 0 Å². The number of rotatable bonds is 2. The molecule has 0 saturated carbocycles. The zero-order chi connectivity index (χ0) is 11.0. The Morgan fingerprint density at radius 2 is 1.00 bits per heavy atom. The molecule has 6 N–H and O–H groups in total. The second-order valence-corrected chi connectivity index (χ2v) is 5.18. The molecule has 0 radical (unpaired) electrons.